The summed E-state index contributed by atoms with van der Waals surface area (Å²) in [6, 6.07) is 7.05. The molecule has 154 valence electrons. The molecule has 0 N–H and O–H groups in total. The first kappa shape index (κ1) is 20.6. The fourth-order valence-corrected chi connectivity index (χ4v) is 2.73. The first-order valence-corrected chi connectivity index (χ1v) is 9.70. The zero-order valence-electron chi connectivity index (χ0n) is 15.3. The molecule has 3 aromatic rings. The molecule has 0 atom stereocenters. The molecular weight excluding hydrogens is 411 g/mol. The standard InChI is InChI=1S/C18H16F3N3O4S/c1-11(2)18-22-10-24(23-18)12-7-16(19)15(17(20)8-12)9-27-13-3-5-14(6-4-13)28-29(21,25)26/h3-8,10-11H,9H2,1-2H3. The molecule has 0 amide bonds. The van der Waals surface area contributed by atoms with Crippen molar-refractivity contribution in [2.24, 2.45) is 0 Å². The van der Waals surface area contributed by atoms with Gasteiger partial charge in [-0.25, -0.2) is 18.4 Å². The molecule has 0 saturated carbocycles. The van der Waals surface area contributed by atoms with Gasteiger partial charge in [0.05, 0.1) is 11.3 Å². The Morgan fingerprint density at radius 3 is 2.17 bits per heavy atom. The van der Waals surface area contributed by atoms with Crippen LogP contribution in [0.2, 0.25) is 0 Å². The highest BCUT2D eigenvalue weighted by atomic mass is 32.3. The molecule has 0 aliphatic rings. The van der Waals surface area contributed by atoms with E-state index in [1.165, 1.54) is 23.1 Å². The highest BCUT2D eigenvalue weighted by molar-refractivity contribution is 7.81. The Morgan fingerprint density at radius 1 is 1.07 bits per heavy atom. The largest absolute Gasteiger partial charge is 0.489 e. The molecule has 0 unspecified atom stereocenters. The summed E-state index contributed by atoms with van der Waals surface area (Å²) < 4.78 is 72.7. The minimum atomic E-state index is -5.14. The number of nitrogens with zero attached hydrogens (tertiary/aromatic N) is 3. The van der Waals surface area contributed by atoms with E-state index < -0.39 is 28.7 Å². The number of benzene rings is 2. The van der Waals surface area contributed by atoms with Gasteiger partial charge in [-0.1, -0.05) is 17.7 Å². The lowest BCUT2D eigenvalue weighted by atomic mass is 10.2. The molecule has 29 heavy (non-hydrogen) atoms. The minimum Gasteiger partial charge on any atom is -0.489 e. The average Bonchev–Trinajstić information content (AvgIpc) is 3.11. The Labute approximate surface area is 165 Å². The van der Waals surface area contributed by atoms with E-state index in [0.29, 0.717) is 5.82 Å². The van der Waals surface area contributed by atoms with Gasteiger partial charge in [0.25, 0.3) is 0 Å². The van der Waals surface area contributed by atoms with Gasteiger partial charge in [0.15, 0.2) is 5.82 Å². The molecule has 0 bridgehead atoms. The monoisotopic (exact) mass is 427 g/mol. The summed E-state index contributed by atoms with van der Waals surface area (Å²) in [6.45, 7) is 3.38. The summed E-state index contributed by atoms with van der Waals surface area (Å²) in [6.07, 6.45) is 1.38. The summed E-state index contributed by atoms with van der Waals surface area (Å²) >= 11 is 0. The van der Waals surface area contributed by atoms with Gasteiger partial charge in [-0.3, -0.25) is 0 Å². The van der Waals surface area contributed by atoms with E-state index in [1.807, 2.05) is 13.8 Å². The van der Waals surface area contributed by atoms with Crippen LogP contribution in [0.3, 0.4) is 0 Å². The van der Waals surface area contributed by atoms with Crippen molar-refractivity contribution in [3.05, 3.63) is 65.7 Å². The predicted octanol–water partition coefficient (Wildman–Crippen LogP) is 3.84. The van der Waals surface area contributed by atoms with E-state index in [-0.39, 0.29) is 28.7 Å². The topological polar surface area (TPSA) is 83.3 Å². The van der Waals surface area contributed by atoms with Crippen molar-refractivity contribution in [1.29, 1.82) is 0 Å². The van der Waals surface area contributed by atoms with Crippen LogP contribution in [0.25, 0.3) is 5.69 Å². The number of rotatable bonds is 7. The molecular formula is C18H16F3N3O4S. The maximum Gasteiger partial charge on any atom is 0.488 e. The first-order valence-electron chi connectivity index (χ1n) is 8.39. The van der Waals surface area contributed by atoms with Crippen molar-refractivity contribution in [1.82, 2.24) is 14.8 Å². The molecule has 1 heterocycles. The van der Waals surface area contributed by atoms with Crippen LogP contribution in [-0.4, -0.2) is 23.2 Å². The van der Waals surface area contributed by atoms with E-state index in [9.17, 15) is 21.1 Å². The lowest BCUT2D eigenvalue weighted by Gasteiger charge is -2.10. The zero-order chi connectivity index (χ0) is 21.2. The Hall–Kier alpha value is -3.08. The molecule has 1 aromatic heterocycles. The predicted molar refractivity (Wildman–Crippen MR) is 96.8 cm³/mol. The normalized spacial score (nSPS) is 11.7. The molecule has 2 aromatic carbocycles. The summed E-state index contributed by atoms with van der Waals surface area (Å²) in [5.74, 6) is -1.13. The van der Waals surface area contributed by atoms with E-state index >= 15 is 0 Å². The van der Waals surface area contributed by atoms with Gasteiger partial charge in [0, 0.05) is 18.1 Å². The molecule has 11 heteroatoms. The quantitative estimate of drug-likeness (QED) is 0.533. The summed E-state index contributed by atoms with van der Waals surface area (Å²) in [5.41, 5.74) is -0.123. The fraction of sp³-hybridized carbons (Fsp3) is 0.222. The second kappa shape index (κ2) is 8.11. The number of aromatic nitrogens is 3. The minimum absolute atomic E-state index is 0.0698. The highest BCUT2D eigenvalue weighted by Crippen LogP contribution is 2.23. The van der Waals surface area contributed by atoms with Crippen LogP contribution >= 0.6 is 0 Å². The maximum absolute atomic E-state index is 14.4. The highest BCUT2D eigenvalue weighted by Gasteiger charge is 2.15. The molecule has 0 spiro atoms. The zero-order valence-corrected chi connectivity index (χ0v) is 16.2. The van der Waals surface area contributed by atoms with E-state index in [1.54, 1.807) is 0 Å². The summed E-state index contributed by atoms with van der Waals surface area (Å²) in [7, 11) is -5.14. The van der Waals surface area contributed by atoms with Crippen molar-refractivity contribution in [3.63, 3.8) is 0 Å². The van der Waals surface area contributed by atoms with Crippen LogP contribution in [0.15, 0.2) is 42.7 Å². The van der Waals surface area contributed by atoms with Gasteiger partial charge >= 0.3 is 10.5 Å². The first-order chi connectivity index (χ1) is 13.6. The van der Waals surface area contributed by atoms with E-state index in [2.05, 4.69) is 14.3 Å². The molecule has 3 rings (SSSR count). The van der Waals surface area contributed by atoms with Crippen LogP contribution in [0.4, 0.5) is 12.7 Å². The van der Waals surface area contributed by atoms with Gasteiger partial charge in [-0.2, -0.15) is 13.5 Å². The van der Waals surface area contributed by atoms with Crippen LogP contribution in [0.5, 0.6) is 11.5 Å². The molecule has 0 aliphatic heterocycles. The van der Waals surface area contributed by atoms with Crippen molar-refractivity contribution in [3.8, 4) is 17.2 Å². The van der Waals surface area contributed by atoms with Crippen LogP contribution < -0.4 is 8.92 Å². The summed E-state index contributed by atoms with van der Waals surface area (Å²) in [5, 5.41) is 4.18. The van der Waals surface area contributed by atoms with Crippen molar-refractivity contribution in [2.45, 2.75) is 26.4 Å². The Kier molecular flexibility index (Phi) is 5.78. The Morgan fingerprint density at radius 2 is 1.66 bits per heavy atom. The van der Waals surface area contributed by atoms with E-state index in [4.69, 9.17) is 4.74 Å². The lowest BCUT2D eigenvalue weighted by molar-refractivity contribution is 0.292. The van der Waals surface area contributed by atoms with Gasteiger partial charge in [-0.05, 0) is 24.3 Å². The lowest BCUT2D eigenvalue weighted by Crippen LogP contribution is -2.06. The van der Waals surface area contributed by atoms with E-state index in [0.717, 1.165) is 24.3 Å². The number of hydrogen-bond donors (Lipinski definition) is 0. The van der Waals surface area contributed by atoms with Gasteiger partial charge in [0.1, 0.15) is 36.1 Å². The molecule has 0 saturated heterocycles. The fourth-order valence-electron chi connectivity index (χ4n) is 2.39. The van der Waals surface area contributed by atoms with Gasteiger partial charge in [-0.15, -0.1) is 0 Å². The number of ether oxygens (including phenoxy) is 1. The van der Waals surface area contributed by atoms with Crippen LogP contribution in [0, 0.1) is 11.6 Å². The molecule has 7 nitrogen and oxygen atoms in total. The Bertz CT molecular complexity index is 1090. The van der Waals surface area contributed by atoms with Crippen LogP contribution in [0.1, 0.15) is 31.2 Å². The Balaban J connectivity index is 1.73. The number of halogens is 3. The maximum atomic E-state index is 14.4. The van der Waals surface area contributed by atoms with Crippen LogP contribution in [-0.2, 0) is 17.1 Å². The smallest absolute Gasteiger partial charge is 0.488 e. The summed E-state index contributed by atoms with van der Waals surface area (Å²) in [4.78, 5) is 4.09. The number of hydrogen-bond acceptors (Lipinski definition) is 6. The molecule has 0 aliphatic carbocycles. The molecule has 0 fully saturated rings. The van der Waals surface area contributed by atoms with Crippen molar-refractivity contribution in [2.75, 3.05) is 0 Å². The second-order valence-electron chi connectivity index (χ2n) is 6.33. The second-order valence-corrected chi connectivity index (χ2v) is 7.28. The average molecular weight is 427 g/mol. The van der Waals surface area contributed by atoms with Gasteiger partial charge < -0.3 is 8.92 Å². The van der Waals surface area contributed by atoms with Crippen molar-refractivity contribution < 1.29 is 30.0 Å². The third-order valence-corrected chi connectivity index (χ3v) is 4.21. The SMILES string of the molecule is CC(C)c1ncn(-c2cc(F)c(COc3ccc(OS(=O)(=O)F)cc3)c(F)c2)n1. The van der Waals surface area contributed by atoms with Crippen molar-refractivity contribution >= 4 is 10.5 Å². The van der Waals surface area contributed by atoms with Gasteiger partial charge in [0.2, 0.25) is 0 Å². The third-order valence-electron chi connectivity index (χ3n) is 3.82. The molecule has 0 radical (unpaired) electrons. The third kappa shape index (κ3) is 5.25.